The molecule has 0 amide bonds. The average Bonchev–Trinajstić information content (AvgIpc) is 2.28. The lowest BCUT2D eigenvalue weighted by Gasteiger charge is -2.07. The van der Waals surface area contributed by atoms with Gasteiger partial charge in [0.1, 0.15) is 0 Å². The SMILES string of the molecule is NC(=S)NCC(=O)c1cc(F)c(F)cc1C(=O)O. The molecule has 0 aliphatic rings. The lowest BCUT2D eigenvalue weighted by Crippen LogP contribution is -2.34. The summed E-state index contributed by atoms with van der Waals surface area (Å²) in [5.74, 6) is -4.95. The molecule has 0 bridgehead atoms. The van der Waals surface area contributed by atoms with Crippen molar-refractivity contribution in [3.05, 3.63) is 34.9 Å². The van der Waals surface area contributed by atoms with Gasteiger partial charge in [0, 0.05) is 5.56 Å². The molecule has 4 N–H and O–H groups in total. The number of benzene rings is 1. The Balaban J connectivity index is 3.13. The van der Waals surface area contributed by atoms with E-state index in [0.717, 1.165) is 0 Å². The maximum atomic E-state index is 13.0. The van der Waals surface area contributed by atoms with Gasteiger partial charge >= 0.3 is 5.97 Å². The number of carbonyl (C=O) groups excluding carboxylic acids is 1. The average molecular weight is 274 g/mol. The van der Waals surface area contributed by atoms with Gasteiger partial charge in [-0.15, -0.1) is 0 Å². The Morgan fingerprint density at radius 2 is 1.78 bits per heavy atom. The lowest BCUT2D eigenvalue weighted by molar-refractivity contribution is 0.0691. The van der Waals surface area contributed by atoms with Crippen LogP contribution in [-0.4, -0.2) is 28.5 Å². The molecule has 96 valence electrons. The smallest absolute Gasteiger partial charge is 0.336 e. The van der Waals surface area contributed by atoms with Crippen LogP contribution in [0.3, 0.4) is 0 Å². The van der Waals surface area contributed by atoms with E-state index in [9.17, 15) is 18.4 Å². The number of hydrogen-bond acceptors (Lipinski definition) is 3. The predicted octanol–water partition coefficient (Wildman–Crippen LogP) is 0.679. The van der Waals surface area contributed by atoms with Crippen LogP contribution in [0, 0.1) is 11.6 Å². The normalized spacial score (nSPS) is 9.89. The first kappa shape index (κ1) is 14.0. The van der Waals surface area contributed by atoms with Gasteiger partial charge in [0.15, 0.2) is 22.5 Å². The van der Waals surface area contributed by atoms with Crippen molar-refractivity contribution < 1.29 is 23.5 Å². The highest BCUT2D eigenvalue weighted by Gasteiger charge is 2.20. The molecule has 0 fully saturated rings. The summed E-state index contributed by atoms with van der Waals surface area (Å²) in [7, 11) is 0. The number of carbonyl (C=O) groups is 2. The number of nitrogens with two attached hydrogens (primary N) is 1. The number of halogens is 2. The van der Waals surface area contributed by atoms with Crippen molar-refractivity contribution in [2.45, 2.75) is 0 Å². The second kappa shape index (κ2) is 5.50. The van der Waals surface area contributed by atoms with Crippen LogP contribution in [0.2, 0.25) is 0 Å². The number of ketones is 1. The molecule has 1 aromatic rings. The molecule has 0 aromatic heterocycles. The van der Waals surface area contributed by atoms with Gasteiger partial charge in [0.05, 0.1) is 12.1 Å². The van der Waals surface area contributed by atoms with E-state index in [0.29, 0.717) is 12.1 Å². The fourth-order valence-corrected chi connectivity index (χ4v) is 1.29. The first-order valence-electron chi connectivity index (χ1n) is 4.61. The Kier molecular flexibility index (Phi) is 4.27. The minimum Gasteiger partial charge on any atom is -0.478 e. The standard InChI is InChI=1S/C10H8F2N2O3S/c11-6-1-4(8(15)3-14-10(13)18)5(9(16)17)2-7(6)12/h1-2H,3H2,(H,16,17)(H3,13,14,18). The predicted molar refractivity (Wildman–Crippen MR) is 62.4 cm³/mol. The van der Waals surface area contributed by atoms with Gasteiger partial charge in [-0.25, -0.2) is 13.6 Å². The highest BCUT2D eigenvalue weighted by atomic mass is 32.1. The van der Waals surface area contributed by atoms with Crippen molar-refractivity contribution in [3.63, 3.8) is 0 Å². The molecule has 1 rings (SSSR count). The Morgan fingerprint density at radius 3 is 2.22 bits per heavy atom. The summed E-state index contributed by atoms with van der Waals surface area (Å²) < 4.78 is 25.9. The molecule has 0 unspecified atom stereocenters. The maximum Gasteiger partial charge on any atom is 0.336 e. The van der Waals surface area contributed by atoms with Crippen molar-refractivity contribution in [1.82, 2.24) is 5.32 Å². The van der Waals surface area contributed by atoms with Crippen molar-refractivity contribution in [1.29, 1.82) is 0 Å². The van der Waals surface area contributed by atoms with Crippen molar-refractivity contribution >= 4 is 29.1 Å². The van der Waals surface area contributed by atoms with Crippen LogP contribution in [0.5, 0.6) is 0 Å². The van der Waals surface area contributed by atoms with Crippen LogP contribution in [-0.2, 0) is 0 Å². The van der Waals surface area contributed by atoms with Gasteiger partial charge in [-0.05, 0) is 24.4 Å². The zero-order valence-corrected chi connectivity index (χ0v) is 9.68. The largest absolute Gasteiger partial charge is 0.478 e. The third-order valence-electron chi connectivity index (χ3n) is 2.01. The van der Waals surface area contributed by atoms with Crippen molar-refractivity contribution in [2.24, 2.45) is 5.73 Å². The summed E-state index contributed by atoms with van der Waals surface area (Å²) in [5, 5.41) is 10.9. The summed E-state index contributed by atoms with van der Waals surface area (Å²) in [5.41, 5.74) is 4.01. The number of hydrogen-bond donors (Lipinski definition) is 3. The molecule has 0 aliphatic heterocycles. The van der Waals surface area contributed by atoms with Gasteiger partial charge in [0.2, 0.25) is 0 Å². The molecule has 0 saturated heterocycles. The molecule has 0 spiro atoms. The fraction of sp³-hybridized carbons (Fsp3) is 0.100. The summed E-state index contributed by atoms with van der Waals surface area (Å²) in [6.45, 7) is -0.402. The van der Waals surface area contributed by atoms with Crippen LogP contribution >= 0.6 is 12.2 Å². The number of nitrogens with one attached hydrogen (secondary N) is 1. The summed E-state index contributed by atoms with van der Waals surface area (Å²) in [6, 6.07) is 0.980. The molecule has 8 heteroatoms. The van der Waals surface area contributed by atoms with Crippen molar-refractivity contribution in [3.8, 4) is 0 Å². The topological polar surface area (TPSA) is 92.4 Å². The monoisotopic (exact) mass is 274 g/mol. The van der Waals surface area contributed by atoms with Crippen LogP contribution in [0.4, 0.5) is 8.78 Å². The third kappa shape index (κ3) is 3.20. The molecule has 1 aromatic carbocycles. The summed E-state index contributed by atoms with van der Waals surface area (Å²) >= 11 is 4.46. The highest BCUT2D eigenvalue weighted by molar-refractivity contribution is 7.80. The zero-order valence-electron chi connectivity index (χ0n) is 8.87. The van der Waals surface area contributed by atoms with E-state index in [2.05, 4.69) is 17.5 Å². The van der Waals surface area contributed by atoms with Gasteiger partial charge in [0.25, 0.3) is 0 Å². The number of rotatable bonds is 4. The maximum absolute atomic E-state index is 13.0. The second-order valence-electron chi connectivity index (χ2n) is 3.26. The van der Waals surface area contributed by atoms with E-state index in [1.807, 2.05) is 0 Å². The molecule has 0 saturated carbocycles. The van der Waals surface area contributed by atoms with Gasteiger partial charge < -0.3 is 16.2 Å². The Bertz CT molecular complexity index is 534. The molecule has 0 aliphatic carbocycles. The van der Waals surface area contributed by atoms with Gasteiger partial charge in [-0.1, -0.05) is 0 Å². The number of Topliss-reactive ketones (excluding diaryl/α,β-unsaturated/α-hetero) is 1. The quantitative estimate of drug-likeness (QED) is 0.552. The highest BCUT2D eigenvalue weighted by Crippen LogP contribution is 2.15. The minimum atomic E-state index is -1.53. The molecule has 18 heavy (non-hydrogen) atoms. The molecular formula is C10H8F2N2O3S. The minimum absolute atomic E-state index is 0.164. The van der Waals surface area contributed by atoms with Crippen LogP contribution in [0.15, 0.2) is 12.1 Å². The van der Waals surface area contributed by atoms with E-state index in [1.165, 1.54) is 0 Å². The van der Waals surface area contributed by atoms with E-state index >= 15 is 0 Å². The van der Waals surface area contributed by atoms with Crippen molar-refractivity contribution in [2.75, 3.05) is 6.54 Å². The van der Waals surface area contributed by atoms with E-state index in [4.69, 9.17) is 10.8 Å². The Labute approximate surface area is 106 Å². The number of aromatic carboxylic acids is 1. The van der Waals surface area contributed by atoms with E-state index in [-0.39, 0.29) is 5.11 Å². The molecule has 0 radical (unpaired) electrons. The van der Waals surface area contributed by atoms with Gasteiger partial charge in [-0.2, -0.15) is 0 Å². The fourth-order valence-electron chi connectivity index (χ4n) is 1.22. The van der Waals surface area contributed by atoms with E-state index in [1.54, 1.807) is 0 Å². The summed E-state index contributed by atoms with van der Waals surface area (Å²) in [6.07, 6.45) is 0. The summed E-state index contributed by atoms with van der Waals surface area (Å²) in [4.78, 5) is 22.4. The first-order valence-corrected chi connectivity index (χ1v) is 5.02. The molecule has 5 nitrogen and oxygen atoms in total. The first-order chi connectivity index (χ1) is 8.32. The number of thiocarbonyl (C=S) groups is 1. The molecule has 0 heterocycles. The third-order valence-corrected chi connectivity index (χ3v) is 2.16. The van der Waals surface area contributed by atoms with Crippen LogP contribution in [0.25, 0.3) is 0 Å². The Morgan fingerprint density at radius 1 is 1.28 bits per heavy atom. The Hall–Kier alpha value is -2.09. The molecule has 0 atom stereocenters. The lowest BCUT2D eigenvalue weighted by atomic mass is 10.0. The number of carboxylic acids is 1. The van der Waals surface area contributed by atoms with Crippen LogP contribution < -0.4 is 11.1 Å². The molecular weight excluding hydrogens is 266 g/mol. The van der Waals surface area contributed by atoms with Crippen LogP contribution in [0.1, 0.15) is 20.7 Å². The number of carboxylic acid groups (broad SMARTS) is 1. The second-order valence-corrected chi connectivity index (χ2v) is 3.70. The zero-order chi connectivity index (χ0) is 13.9. The van der Waals surface area contributed by atoms with Gasteiger partial charge in [-0.3, -0.25) is 4.79 Å². The van der Waals surface area contributed by atoms with E-state index < -0.39 is 41.1 Å².